The molecule has 0 bridgehead atoms. The number of benzene rings is 1. The maximum absolute atomic E-state index is 13.3. The fourth-order valence-electron chi connectivity index (χ4n) is 1.72. The van der Waals surface area contributed by atoms with Crippen LogP contribution in [-0.4, -0.2) is 5.16 Å². The van der Waals surface area contributed by atoms with E-state index in [0.29, 0.717) is 18.7 Å². The first-order valence-electron chi connectivity index (χ1n) is 5.54. The number of hydrogen-bond donors (Lipinski definition) is 1. The fraction of sp³-hybridized carbons (Fsp3) is 0.308. The first kappa shape index (κ1) is 11.8. The molecule has 17 heavy (non-hydrogen) atoms. The van der Waals surface area contributed by atoms with Gasteiger partial charge in [-0.2, -0.15) is 0 Å². The van der Waals surface area contributed by atoms with Crippen LogP contribution in [0.1, 0.15) is 22.6 Å². The van der Waals surface area contributed by atoms with Crippen molar-refractivity contribution in [1.82, 2.24) is 10.5 Å². The Labute approximate surface area is 99.6 Å². The third kappa shape index (κ3) is 2.71. The average molecular weight is 234 g/mol. The average Bonchev–Trinajstić information content (AvgIpc) is 2.63. The van der Waals surface area contributed by atoms with E-state index in [1.807, 2.05) is 19.9 Å². The van der Waals surface area contributed by atoms with Crippen LogP contribution in [0.3, 0.4) is 0 Å². The standard InChI is InChI=1S/C13H15FN2O/c1-9-12(10(2)17-16-9)8-15-7-11-5-3-4-6-13(11)14/h3-6,15H,7-8H2,1-2H3. The predicted octanol–water partition coefficient (Wildman–Crippen LogP) is 2.72. The highest BCUT2D eigenvalue weighted by molar-refractivity contribution is 5.21. The molecule has 0 radical (unpaired) electrons. The number of halogens is 1. The normalized spacial score (nSPS) is 10.8. The van der Waals surface area contributed by atoms with Crippen LogP contribution >= 0.6 is 0 Å². The van der Waals surface area contributed by atoms with Crippen molar-refractivity contribution < 1.29 is 8.91 Å². The van der Waals surface area contributed by atoms with E-state index in [9.17, 15) is 4.39 Å². The van der Waals surface area contributed by atoms with Crippen LogP contribution in [-0.2, 0) is 13.1 Å². The summed E-state index contributed by atoms with van der Waals surface area (Å²) in [6.07, 6.45) is 0. The SMILES string of the molecule is Cc1noc(C)c1CNCc1ccccc1F. The molecule has 0 saturated carbocycles. The molecule has 2 rings (SSSR count). The smallest absolute Gasteiger partial charge is 0.138 e. The molecule has 1 N–H and O–H groups in total. The lowest BCUT2D eigenvalue weighted by molar-refractivity contribution is 0.392. The Hall–Kier alpha value is -1.68. The minimum atomic E-state index is -0.182. The summed E-state index contributed by atoms with van der Waals surface area (Å²) in [6, 6.07) is 6.76. The molecular weight excluding hydrogens is 219 g/mol. The van der Waals surface area contributed by atoms with Gasteiger partial charge in [-0.3, -0.25) is 0 Å². The topological polar surface area (TPSA) is 38.1 Å². The molecule has 0 atom stereocenters. The molecule has 0 spiro atoms. The largest absolute Gasteiger partial charge is 0.361 e. The lowest BCUT2D eigenvalue weighted by Gasteiger charge is -2.05. The van der Waals surface area contributed by atoms with E-state index in [1.54, 1.807) is 12.1 Å². The summed E-state index contributed by atoms with van der Waals surface area (Å²) >= 11 is 0. The molecule has 3 nitrogen and oxygen atoms in total. The summed E-state index contributed by atoms with van der Waals surface area (Å²) in [4.78, 5) is 0. The lowest BCUT2D eigenvalue weighted by atomic mass is 10.2. The minimum Gasteiger partial charge on any atom is -0.361 e. The molecule has 1 aromatic heterocycles. The first-order chi connectivity index (χ1) is 8.18. The predicted molar refractivity (Wildman–Crippen MR) is 62.9 cm³/mol. The van der Waals surface area contributed by atoms with Crippen molar-refractivity contribution in [2.75, 3.05) is 0 Å². The number of hydrogen-bond acceptors (Lipinski definition) is 3. The number of nitrogens with one attached hydrogen (secondary N) is 1. The van der Waals surface area contributed by atoms with Gasteiger partial charge < -0.3 is 9.84 Å². The van der Waals surface area contributed by atoms with Crippen LogP contribution < -0.4 is 5.32 Å². The van der Waals surface area contributed by atoms with Crippen LogP contribution in [0.4, 0.5) is 4.39 Å². The molecule has 2 aromatic rings. The van der Waals surface area contributed by atoms with Crippen LogP contribution in [0, 0.1) is 19.7 Å². The van der Waals surface area contributed by atoms with Gasteiger partial charge in [0.1, 0.15) is 11.6 Å². The molecule has 0 aliphatic heterocycles. The highest BCUT2D eigenvalue weighted by atomic mass is 19.1. The third-order valence-corrected chi connectivity index (χ3v) is 2.76. The third-order valence-electron chi connectivity index (χ3n) is 2.76. The van der Waals surface area contributed by atoms with Gasteiger partial charge in [-0.05, 0) is 19.9 Å². The zero-order valence-electron chi connectivity index (χ0n) is 9.96. The Kier molecular flexibility index (Phi) is 3.54. The second kappa shape index (κ2) is 5.10. The molecule has 1 heterocycles. The second-order valence-corrected chi connectivity index (χ2v) is 4.00. The molecular formula is C13H15FN2O. The highest BCUT2D eigenvalue weighted by Crippen LogP contribution is 2.12. The Morgan fingerprint density at radius 3 is 2.65 bits per heavy atom. The Bertz CT molecular complexity index is 488. The van der Waals surface area contributed by atoms with Gasteiger partial charge >= 0.3 is 0 Å². The number of aromatic nitrogens is 1. The van der Waals surface area contributed by atoms with Crippen molar-refractivity contribution in [3.63, 3.8) is 0 Å². The zero-order valence-corrected chi connectivity index (χ0v) is 9.96. The summed E-state index contributed by atoms with van der Waals surface area (Å²) in [5.41, 5.74) is 2.59. The van der Waals surface area contributed by atoms with E-state index >= 15 is 0 Å². The maximum Gasteiger partial charge on any atom is 0.138 e. The van der Waals surface area contributed by atoms with E-state index in [-0.39, 0.29) is 5.82 Å². The molecule has 1 aromatic carbocycles. The zero-order chi connectivity index (χ0) is 12.3. The van der Waals surface area contributed by atoms with Crippen LogP contribution in [0.5, 0.6) is 0 Å². The van der Waals surface area contributed by atoms with Crippen molar-refractivity contribution >= 4 is 0 Å². The fourth-order valence-corrected chi connectivity index (χ4v) is 1.72. The molecule has 0 fully saturated rings. The monoisotopic (exact) mass is 234 g/mol. The van der Waals surface area contributed by atoms with E-state index < -0.39 is 0 Å². The van der Waals surface area contributed by atoms with Gasteiger partial charge in [0.2, 0.25) is 0 Å². The summed E-state index contributed by atoms with van der Waals surface area (Å²) in [6.45, 7) is 4.91. The minimum absolute atomic E-state index is 0.182. The van der Waals surface area contributed by atoms with E-state index in [0.717, 1.165) is 17.0 Å². The molecule has 0 unspecified atom stereocenters. The van der Waals surface area contributed by atoms with Crippen LogP contribution in [0.25, 0.3) is 0 Å². The van der Waals surface area contributed by atoms with Gasteiger partial charge in [-0.15, -0.1) is 0 Å². The number of rotatable bonds is 4. The van der Waals surface area contributed by atoms with Crippen molar-refractivity contribution in [3.05, 3.63) is 52.7 Å². The molecule has 4 heteroatoms. The summed E-state index contributed by atoms with van der Waals surface area (Å²) in [7, 11) is 0. The molecule has 0 amide bonds. The summed E-state index contributed by atoms with van der Waals surface area (Å²) in [5.74, 6) is 0.627. The van der Waals surface area contributed by atoms with Crippen LogP contribution in [0.15, 0.2) is 28.8 Å². The van der Waals surface area contributed by atoms with E-state index in [4.69, 9.17) is 4.52 Å². The Balaban J connectivity index is 1.95. The maximum atomic E-state index is 13.3. The first-order valence-corrected chi connectivity index (χ1v) is 5.54. The summed E-state index contributed by atoms with van der Waals surface area (Å²) in [5, 5.41) is 7.06. The quantitative estimate of drug-likeness (QED) is 0.883. The second-order valence-electron chi connectivity index (χ2n) is 4.00. The van der Waals surface area contributed by atoms with Gasteiger partial charge in [0.25, 0.3) is 0 Å². The van der Waals surface area contributed by atoms with E-state index in [2.05, 4.69) is 10.5 Å². The van der Waals surface area contributed by atoms with Gasteiger partial charge in [-0.25, -0.2) is 4.39 Å². The van der Waals surface area contributed by atoms with Gasteiger partial charge in [0.15, 0.2) is 0 Å². The van der Waals surface area contributed by atoms with E-state index in [1.165, 1.54) is 6.07 Å². The van der Waals surface area contributed by atoms with Crippen molar-refractivity contribution in [2.45, 2.75) is 26.9 Å². The van der Waals surface area contributed by atoms with Crippen molar-refractivity contribution in [3.8, 4) is 0 Å². The molecule has 0 aliphatic carbocycles. The molecule has 0 saturated heterocycles. The van der Waals surface area contributed by atoms with Crippen LogP contribution in [0.2, 0.25) is 0 Å². The van der Waals surface area contributed by atoms with Crippen molar-refractivity contribution in [1.29, 1.82) is 0 Å². The van der Waals surface area contributed by atoms with Gasteiger partial charge in [0.05, 0.1) is 5.69 Å². The van der Waals surface area contributed by atoms with Gasteiger partial charge in [-0.1, -0.05) is 23.4 Å². The number of nitrogens with zero attached hydrogens (tertiary/aromatic N) is 1. The lowest BCUT2D eigenvalue weighted by Crippen LogP contribution is -2.14. The Morgan fingerprint density at radius 2 is 2.00 bits per heavy atom. The van der Waals surface area contributed by atoms with Crippen molar-refractivity contribution in [2.24, 2.45) is 0 Å². The van der Waals surface area contributed by atoms with Gasteiger partial charge in [0, 0.05) is 24.2 Å². The molecule has 90 valence electrons. The summed E-state index contributed by atoms with van der Waals surface area (Å²) < 4.78 is 18.4. The molecule has 0 aliphatic rings. The number of aryl methyl sites for hydroxylation is 2. The highest BCUT2D eigenvalue weighted by Gasteiger charge is 2.08. The Morgan fingerprint density at radius 1 is 1.24 bits per heavy atom.